The number of carbonyl (C=O) groups is 3. The largest absolute Gasteiger partial charge is 0.459 e. The Balaban J connectivity index is 3.74. The summed E-state index contributed by atoms with van der Waals surface area (Å²) in [5.74, 6) is 6.73. The summed E-state index contributed by atoms with van der Waals surface area (Å²) in [7, 11) is 0. The summed E-state index contributed by atoms with van der Waals surface area (Å²) in [4.78, 5) is 36.7. The minimum Gasteiger partial charge on any atom is -0.459 e. The summed E-state index contributed by atoms with van der Waals surface area (Å²) in [5.41, 5.74) is 4.43. The van der Waals surface area contributed by atoms with Crippen LogP contribution in [-0.2, 0) is 61.8 Å². The molecule has 0 aromatic carbocycles. The number of rotatable bonds is 37. The third kappa shape index (κ3) is 32.3. The topological polar surface area (TPSA) is 170 Å². The maximum Gasteiger partial charge on any atom is 0.323 e. The van der Waals surface area contributed by atoms with Gasteiger partial charge in [0.15, 0.2) is 0 Å². The lowest BCUT2D eigenvalue weighted by Gasteiger charge is -2.32. The molecule has 14 nitrogen and oxygen atoms in total. The van der Waals surface area contributed by atoms with Crippen LogP contribution in [0, 0.1) is 42.4 Å². The van der Waals surface area contributed by atoms with Gasteiger partial charge in [-0.3, -0.25) is 14.4 Å². The molecule has 53 heavy (non-hydrogen) atoms. The van der Waals surface area contributed by atoms with Crippen LogP contribution in [0.25, 0.3) is 0 Å². The second-order valence-electron chi connectivity index (χ2n) is 13.1. The predicted molar refractivity (Wildman–Crippen MR) is 198 cm³/mol. The number of terminal acetylenes is 3. The molecule has 0 fully saturated rings. The molecule has 0 radical (unpaired) electrons. The number of Topliss-reactive ketones (excluding diaryl/α,β-unsaturated/α-hetero) is 2. The van der Waals surface area contributed by atoms with Crippen molar-refractivity contribution in [2.24, 2.45) is 11.1 Å². The van der Waals surface area contributed by atoms with E-state index in [-0.39, 0.29) is 83.5 Å². The second kappa shape index (κ2) is 33.6. The lowest BCUT2D eigenvalue weighted by atomic mass is 9.84. The molecule has 0 unspecified atom stereocenters. The molecule has 0 aliphatic carbocycles. The highest BCUT2D eigenvalue weighted by Crippen LogP contribution is 2.26. The number of ether oxygens (including phenoxy) is 10. The van der Waals surface area contributed by atoms with Gasteiger partial charge in [-0.25, -0.2) is 0 Å². The summed E-state index contributed by atoms with van der Waals surface area (Å²) >= 11 is 0. The van der Waals surface area contributed by atoms with Gasteiger partial charge in [-0.2, -0.15) is 0 Å². The van der Waals surface area contributed by atoms with Crippen LogP contribution in [0.15, 0.2) is 0 Å². The molecule has 0 rings (SSSR count). The van der Waals surface area contributed by atoms with Crippen LogP contribution in [0.2, 0.25) is 0 Å². The quantitative estimate of drug-likeness (QED) is 0.0557. The third-order valence-corrected chi connectivity index (χ3v) is 6.93. The maximum atomic E-state index is 12.8. The molecule has 302 valence electrons. The van der Waals surface area contributed by atoms with E-state index < -0.39 is 23.0 Å². The van der Waals surface area contributed by atoms with Gasteiger partial charge in [0.2, 0.25) is 0 Å². The fourth-order valence-corrected chi connectivity index (χ4v) is 4.46. The van der Waals surface area contributed by atoms with Crippen molar-refractivity contribution in [1.82, 2.24) is 0 Å². The van der Waals surface area contributed by atoms with E-state index in [0.29, 0.717) is 85.5 Å². The zero-order chi connectivity index (χ0) is 39.5. The number of hydrogen-bond donors (Lipinski definition) is 1. The first kappa shape index (κ1) is 50.1. The van der Waals surface area contributed by atoms with E-state index >= 15 is 0 Å². The first-order valence-electron chi connectivity index (χ1n) is 18.0. The number of hydrogen-bond acceptors (Lipinski definition) is 14. The number of carbonyl (C=O) groups excluding carboxylic acids is 3. The van der Waals surface area contributed by atoms with Gasteiger partial charge >= 0.3 is 5.97 Å². The van der Waals surface area contributed by atoms with Crippen LogP contribution in [-0.4, -0.2) is 148 Å². The summed E-state index contributed by atoms with van der Waals surface area (Å²) in [6.45, 7) is 10.8. The predicted octanol–water partition coefficient (Wildman–Crippen LogP) is 2.17. The fourth-order valence-electron chi connectivity index (χ4n) is 4.46. The van der Waals surface area contributed by atoms with Crippen LogP contribution in [0.4, 0.5) is 0 Å². The number of esters is 1. The lowest BCUT2D eigenvalue weighted by molar-refractivity contribution is -0.156. The third-order valence-electron chi connectivity index (χ3n) is 6.93. The second-order valence-corrected chi connectivity index (χ2v) is 13.1. The van der Waals surface area contributed by atoms with Crippen LogP contribution < -0.4 is 5.73 Å². The van der Waals surface area contributed by atoms with Gasteiger partial charge in [-0.15, -0.1) is 19.3 Å². The Labute approximate surface area is 317 Å². The molecular formula is C39H63NO13. The van der Waals surface area contributed by atoms with Gasteiger partial charge in [-0.1, -0.05) is 17.8 Å². The van der Waals surface area contributed by atoms with Crippen molar-refractivity contribution in [1.29, 1.82) is 0 Å². The molecule has 0 bridgehead atoms. The molecule has 0 heterocycles. The smallest absolute Gasteiger partial charge is 0.323 e. The lowest BCUT2D eigenvalue weighted by Crippen LogP contribution is -2.40. The molecule has 14 heteroatoms. The monoisotopic (exact) mass is 753 g/mol. The molecular weight excluding hydrogens is 690 g/mol. The van der Waals surface area contributed by atoms with Gasteiger partial charge in [-0.05, 0) is 33.6 Å². The molecule has 1 atom stereocenters. The van der Waals surface area contributed by atoms with E-state index in [2.05, 4.69) is 17.8 Å². The Morgan fingerprint density at radius 1 is 0.547 bits per heavy atom. The minimum atomic E-state index is -0.801. The van der Waals surface area contributed by atoms with E-state index in [0.717, 1.165) is 0 Å². The average molecular weight is 754 g/mol. The highest BCUT2D eigenvalue weighted by atomic mass is 16.6. The van der Waals surface area contributed by atoms with Crippen molar-refractivity contribution >= 4 is 17.5 Å². The fraction of sp³-hybridized carbons (Fsp3) is 0.769. The maximum absolute atomic E-state index is 12.8. The molecule has 0 aromatic heterocycles. The minimum absolute atomic E-state index is 0.0398. The van der Waals surface area contributed by atoms with E-state index in [1.54, 1.807) is 20.8 Å². The van der Waals surface area contributed by atoms with Crippen LogP contribution >= 0.6 is 0 Å². The Kier molecular flexibility index (Phi) is 31.8. The van der Waals surface area contributed by atoms with E-state index in [1.165, 1.54) is 0 Å². The van der Waals surface area contributed by atoms with E-state index in [9.17, 15) is 14.4 Å². The Hall–Kier alpha value is -2.91. The number of nitrogens with two attached hydrogens (primary N) is 1. The zero-order valence-corrected chi connectivity index (χ0v) is 32.2. The Morgan fingerprint density at radius 3 is 1.34 bits per heavy atom. The molecule has 0 aliphatic rings. The van der Waals surface area contributed by atoms with Crippen molar-refractivity contribution < 1.29 is 61.8 Å². The number of ketones is 2. The molecule has 0 saturated heterocycles. The first-order valence-corrected chi connectivity index (χ1v) is 18.0. The van der Waals surface area contributed by atoms with Crippen molar-refractivity contribution in [2.45, 2.75) is 70.9 Å². The van der Waals surface area contributed by atoms with Gasteiger partial charge in [0.25, 0.3) is 0 Å². The van der Waals surface area contributed by atoms with Crippen molar-refractivity contribution in [2.75, 3.05) is 119 Å². The standard InChI is InChI=1S/C39H63NO13/c1-7-15-50-31-39(32-51-16-8-2,33-52-17-9-3)30-35(42)14-19-45-21-23-47-25-27-49-29-28-48-26-24-46-22-20-44-18-10-11-34(41)12-13-36(40)37(43)53-38(4,5)6/h1-3,36H,10-33,40H2,4-6H3/t36-/m0/s1. The summed E-state index contributed by atoms with van der Waals surface area (Å²) in [6, 6.07) is -0.801. The van der Waals surface area contributed by atoms with Crippen LogP contribution in [0.1, 0.15) is 59.3 Å². The first-order chi connectivity index (χ1) is 25.5. The SMILES string of the molecule is C#CCOCC(COCC#C)(COCC#C)CC(=O)CCOCCOCCOCCOCCOCCOCCCC(=O)CC[C@H](N)C(=O)OC(C)(C)C. The summed E-state index contributed by atoms with van der Waals surface area (Å²) in [6.07, 6.45) is 17.7. The van der Waals surface area contributed by atoms with Gasteiger partial charge in [0.05, 0.1) is 92.5 Å². The highest BCUT2D eigenvalue weighted by molar-refractivity contribution is 5.80. The van der Waals surface area contributed by atoms with Crippen molar-refractivity contribution in [3.8, 4) is 37.0 Å². The van der Waals surface area contributed by atoms with Crippen LogP contribution in [0.3, 0.4) is 0 Å². The van der Waals surface area contributed by atoms with Crippen molar-refractivity contribution in [3.63, 3.8) is 0 Å². The van der Waals surface area contributed by atoms with Gasteiger partial charge in [0.1, 0.15) is 43.0 Å². The normalized spacial score (nSPS) is 12.1. The van der Waals surface area contributed by atoms with Gasteiger partial charge in [0, 0.05) is 37.7 Å². The van der Waals surface area contributed by atoms with E-state index in [1.807, 2.05) is 0 Å². The van der Waals surface area contributed by atoms with Crippen LogP contribution in [0.5, 0.6) is 0 Å². The Morgan fingerprint density at radius 2 is 0.943 bits per heavy atom. The molecule has 0 aromatic rings. The van der Waals surface area contributed by atoms with Crippen molar-refractivity contribution in [3.05, 3.63) is 0 Å². The molecule has 0 spiro atoms. The zero-order valence-electron chi connectivity index (χ0n) is 32.2. The molecule has 2 N–H and O–H groups in total. The summed E-state index contributed by atoms with van der Waals surface area (Å²) in [5, 5.41) is 0. The van der Waals surface area contributed by atoms with E-state index in [4.69, 9.17) is 72.4 Å². The Bertz CT molecular complexity index is 1040. The average Bonchev–Trinajstić information content (AvgIpc) is 3.10. The highest BCUT2D eigenvalue weighted by Gasteiger charge is 2.34. The molecule has 0 aliphatic heterocycles. The summed E-state index contributed by atoms with van der Waals surface area (Å²) < 4.78 is 54.8. The molecule has 0 amide bonds. The van der Waals surface area contributed by atoms with Gasteiger partial charge < -0.3 is 53.1 Å². The molecule has 0 saturated carbocycles.